The van der Waals surface area contributed by atoms with Gasteiger partial charge in [0.15, 0.2) is 0 Å². The van der Waals surface area contributed by atoms with Crippen LogP contribution in [0.4, 0.5) is 0 Å². The smallest absolute Gasteiger partial charge is 0.241 e. The van der Waals surface area contributed by atoms with Gasteiger partial charge >= 0.3 is 0 Å². The maximum atomic E-state index is 12.2. The van der Waals surface area contributed by atoms with Crippen LogP contribution in [0.15, 0.2) is 40.8 Å². The molecule has 1 aliphatic rings. The van der Waals surface area contributed by atoms with Crippen LogP contribution in [0, 0.1) is 0 Å². The zero-order valence-corrected chi connectivity index (χ0v) is 15.4. The van der Waals surface area contributed by atoms with E-state index in [2.05, 4.69) is 16.1 Å². The van der Waals surface area contributed by atoms with Crippen LogP contribution in [0.25, 0.3) is 0 Å². The Morgan fingerprint density at radius 3 is 2.60 bits per heavy atom. The van der Waals surface area contributed by atoms with Gasteiger partial charge in [0, 0.05) is 6.54 Å². The summed E-state index contributed by atoms with van der Waals surface area (Å²) in [5.41, 5.74) is 1.38. The number of hydrogen-bond donors (Lipinski definition) is 2. The van der Waals surface area contributed by atoms with Crippen molar-refractivity contribution in [3.05, 3.63) is 35.9 Å². The van der Waals surface area contributed by atoms with E-state index in [-0.39, 0.29) is 17.3 Å². The standard InChI is InChI=1S/C18H26N2O4S/c1-2-24-16-8-10-17(11-9-16)25(22,23)20-14-18(21)19-13-12-15-6-4-3-5-7-15/h6,8-11,20H,2-5,7,12-14H2,1H3,(H,19,21). The second kappa shape index (κ2) is 9.58. The second-order valence-electron chi connectivity index (χ2n) is 5.94. The van der Waals surface area contributed by atoms with Gasteiger partial charge in [-0.25, -0.2) is 13.1 Å². The predicted molar refractivity (Wildman–Crippen MR) is 97.0 cm³/mol. The molecule has 138 valence electrons. The summed E-state index contributed by atoms with van der Waals surface area (Å²) in [4.78, 5) is 11.9. The third-order valence-corrected chi connectivity index (χ3v) is 5.44. The van der Waals surface area contributed by atoms with Crippen molar-refractivity contribution in [2.24, 2.45) is 0 Å². The Morgan fingerprint density at radius 1 is 1.20 bits per heavy atom. The molecule has 0 unspecified atom stereocenters. The van der Waals surface area contributed by atoms with Crippen molar-refractivity contribution in [1.82, 2.24) is 10.0 Å². The Kier molecular flexibility index (Phi) is 7.46. The Hall–Kier alpha value is -1.86. The fraction of sp³-hybridized carbons (Fsp3) is 0.500. The van der Waals surface area contributed by atoms with Crippen LogP contribution < -0.4 is 14.8 Å². The number of benzene rings is 1. The summed E-state index contributed by atoms with van der Waals surface area (Å²) in [6.07, 6.45) is 7.73. The number of allylic oxidation sites excluding steroid dienone is 1. The van der Waals surface area contributed by atoms with Crippen LogP contribution in [-0.4, -0.2) is 34.0 Å². The number of carbonyl (C=O) groups excluding carboxylic acids is 1. The Morgan fingerprint density at radius 2 is 1.96 bits per heavy atom. The van der Waals surface area contributed by atoms with Gasteiger partial charge in [-0.1, -0.05) is 11.6 Å². The zero-order chi connectivity index (χ0) is 18.1. The average Bonchev–Trinajstić information content (AvgIpc) is 2.62. The summed E-state index contributed by atoms with van der Waals surface area (Å²) in [6.45, 7) is 2.64. The Bertz CT molecular complexity index is 696. The highest BCUT2D eigenvalue weighted by Crippen LogP contribution is 2.19. The molecule has 0 radical (unpaired) electrons. The molecule has 1 aromatic rings. The number of rotatable bonds is 9. The largest absolute Gasteiger partial charge is 0.494 e. The molecule has 2 rings (SSSR count). The maximum absolute atomic E-state index is 12.2. The average molecular weight is 366 g/mol. The van der Waals surface area contributed by atoms with Gasteiger partial charge in [0.1, 0.15) is 5.75 Å². The summed E-state index contributed by atoms with van der Waals surface area (Å²) in [5.74, 6) is 0.280. The molecule has 1 aromatic carbocycles. The van der Waals surface area contributed by atoms with Crippen molar-refractivity contribution in [1.29, 1.82) is 0 Å². The molecule has 2 N–H and O–H groups in total. The summed E-state index contributed by atoms with van der Waals surface area (Å²) >= 11 is 0. The minimum atomic E-state index is -3.71. The third kappa shape index (κ3) is 6.51. The second-order valence-corrected chi connectivity index (χ2v) is 7.70. The highest BCUT2D eigenvalue weighted by atomic mass is 32.2. The number of nitrogens with one attached hydrogen (secondary N) is 2. The molecule has 0 fully saturated rings. The van der Waals surface area contributed by atoms with Crippen LogP contribution in [0.2, 0.25) is 0 Å². The minimum absolute atomic E-state index is 0.108. The van der Waals surface area contributed by atoms with Crippen molar-refractivity contribution in [2.75, 3.05) is 19.7 Å². The molecule has 1 amide bonds. The topological polar surface area (TPSA) is 84.5 Å². The minimum Gasteiger partial charge on any atom is -0.494 e. The molecule has 6 nitrogen and oxygen atoms in total. The fourth-order valence-electron chi connectivity index (χ4n) is 2.68. The van der Waals surface area contributed by atoms with Crippen molar-refractivity contribution >= 4 is 15.9 Å². The molecule has 0 saturated carbocycles. The zero-order valence-electron chi connectivity index (χ0n) is 14.6. The van der Waals surface area contributed by atoms with E-state index in [1.807, 2.05) is 6.92 Å². The molecule has 0 heterocycles. The SMILES string of the molecule is CCOc1ccc(S(=O)(=O)NCC(=O)NCCC2=CCCCC2)cc1. The lowest BCUT2D eigenvalue weighted by Crippen LogP contribution is -2.37. The fourth-order valence-corrected chi connectivity index (χ4v) is 3.66. The Labute approximate surface area is 149 Å². The maximum Gasteiger partial charge on any atom is 0.241 e. The van der Waals surface area contributed by atoms with Gasteiger partial charge in [-0.3, -0.25) is 4.79 Å². The van der Waals surface area contributed by atoms with Crippen molar-refractivity contribution in [2.45, 2.75) is 43.9 Å². The molecule has 0 aromatic heterocycles. The van der Waals surface area contributed by atoms with Crippen molar-refractivity contribution in [3.63, 3.8) is 0 Å². The van der Waals surface area contributed by atoms with Crippen LogP contribution in [0.1, 0.15) is 39.0 Å². The van der Waals surface area contributed by atoms with Gasteiger partial charge in [0.05, 0.1) is 18.0 Å². The molecular formula is C18H26N2O4S. The summed E-state index contributed by atoms with van der Waals surface area (Å²) in [5, 5.41) is 2.75. The number of amides is 1. The van der Waals surface area contributed by atoms with E-state index < -0.39 is 10.0 Å². The number of hydrogen-bond acceptors (Lipinski definition) is 4. The number of sulfonamides is 1. The van der Waals surface area contributed by atoms with Crippen LogP contribution in [0.3, 0.4) is 0 Å². The monoisotopic (exact) mass is 366 g/mol. The normalized spacial score (nSPS) is 14.7. The third-order valence-electron chi connectivity index (χ3n) is 4.02. The van der Waals surface area contributed by atoms with E-state index in [4.69, 9.17) is 4.74 Å². The molecule has 0 spiro atoms. The van der Waals surface area contributed by atoms with E-state index in [0.29, 0.717) is 18.9 Å². The van der Waals surface area contributed by atoms with E-state index in [1.165, 1.54) is 30.5 Å². The first-order valence-electron chi connectivity index (χ1n) is 8.68. The molecule has 0 aliphatic heterocycles. The quantitative estimate of drug-likeness (QED) is 0.657. The van der Waals surface area contributed by atoms with E-state index in [1.54, 1.807) is 12.1 Å². The summed E-state index contributed by atoms with van der Waals surface area (Å²) in [7, 11) is -3.71. The Balaban J connectivity index is 1.76. The van der Waals surface area contributed by atoms with E-state index in [9.17, 15) is 13.2 Å². The molecule has 25 heavy (non-hydrogen) atoms. The molecule has 0 bridgehead atoms. The lowest BCUT2D eigenvalue weighted by atomic mass is 9.97. The summed E-state index contributed by atoms with van der Waals surface area (Å²) < 4.78 is 32.0. The van der Waals surface area contributed by atoms with Crippen LogP contribution in [-0.2, 0) is 14.8 Å². The van der Waals surface area contributed by atoms with Crippen molar-refractivity contribution < 1.29 is 17.9 Å². The number of carbonyl (C=O) groups is 1. The highest BCUT2D eigenvalue weighted by Gasteiger charge is 2.15. The van der Waals surface area contributed by atoms with Gasteiger partial charge in [-0.15, -0.1) is 0 Å². The van der Waals surface area contributed by atoms with Crippen LogP contribution >= 0.6 is 0 Å². The lowest BCUT2D eigenvalue weighted by Gasteiger charge is -2.13. The van der Waals surface area contributed by atoms with Crippen LogP contribution in [0.5, 0.6) is 5.75 Å². The van der Waals surface area contributed by atoms with Gasteiger partial charge in [-0.2, -0.15) is 0 Å². The number of ether oxygens (including phenoxy) is 1. The highest BCUT2D eigenvalue weighted by molar-refractivity contribution is 7.89. The van der Waals surface area contributed by atoms with Crippen molar-refractivity contribution in [3.8, 4) is 5.75 Å². The molecule has 0 atom stereocenters. The first-order valence-corrected chi connectivity index (χ1v) is 10.2. The van der Waals surface area contributed by atoms with Gasteiger partial charge < -0.3 is 10.1 Å². The first-order chi connectivity index (χ1) is 12.0. The lowest BCUT2D eigenvalue weighted by molar-refractivity contribution is -0.119. The molecule has 1 aliphatic carbocycles. The molecule has 7 heteroatoms. The van der Waals surface area contributed by atoms with E-state index in [0.717, 1.165) is 19.3 Å². The van der Waals surface area contributed by atoms with Gasteiger partial charge in [0.2, 0.25) is 15.9 Å². The van der Waals surface area contributed by atoms with E-state index >= 15 is 0 Å². The molecule has 0 saturated heterocycles. The van der Waals surface area contributed by atoms with Gasteiger partial charge in [-0.05, 0) is 63.3 Å². The first kappa shape index (κ1) is 19.5. The molecular weight excluding hydrogens is 340 g/mol. The predicted octanol–water partition coefficient (Wildman–Crippen LogP) is 2.37. The summed E-state index contributed by atoms with van der Waals surface area (Å²) in [6, 6.07) is 6.10. The van der Waals surface area contributed by atoms with Gasteiger partial charge in [0.25, 0.3) is 0 Å².